The van der Waals surface area contributed by atoms with Gasteiger partial charge in [0.15, 0.2) is 18.1 Å². The summed E-state index contributed by atoms with van der Waals surface area (Å²) in [5, 5.41) is 10.00. The Kier molecular flexibility index (Phi) is 7.32. The van der Waals surface area contributed by atoms with Gasteiger partial charge in [-0.3, -0.25) is 9.32 Å². The molecular formula is C36H32F2N5O5+. The lowest BCUT2D eigenvalue weighted by atomic mass is 9.79. The second-order valence-electron chi connectivity index (χ2n) is 12.8. The van der Waals surface area contributed by atoms with Crippen LogP contribution in [0.25, 0.3) is 22.3 Å². The van der Waals surface area contributed by atoms with Crippen LogP contribution in [0.15, 0.2) is 77.8 Å². The number of aromatic amines is 2. The Labute approximate surface area is 273 Å². The van der Waals surface area contributed by atoms with Crippen molar-refractivity contribution < 1.29 is 37.4 Å². The first-order chi connectivity index (χ1) is 23.2. The number of hydrogen-bond acceptors (Lipinski definition) is 6. The van der Waals surface area contributed by atoms with Crippen LogP contribution in [-0.2, 0) is 27.9 Å². The minimum absolute atomic E-state index is 0.00351. The van der Waals surface area contributed by atoms with Gasteiger partial charge in [-0.15, -0.1) is 0 Å². The fourth-order valence-electron chi connectivity index (χ4n) is 6.56. The van der Waals surface area contributed by atoms with Crippen LogP contribution in [0.5, 0.6) is 11.5 Å². The van der Waals surface area contributed by atoms with Crippen molar-refractivity contribution in [3.05, 3.63) is 113 Å². The number of ether oxygens (including phenoxy) is 2. The molecule has 0 saturated heterocycles. The Morgan fingerprint density at radius 3 is 2.90 bits per heavy atom. The molecule has 1 aliphatic carbocycles. The Bertz CT molecular complexity index is 2170. The van der Waals surface area contributed by atoms with E-state index in [0.29, 0.717) is 35.7 Å². The van der Waals surface area contributed by atoms with Gasteiger partial charge >= 0.3 is 18.2 Å². The number of benzene rings is 3. The third kappa shape index (κ3) is 5.51. The summed E-state index contributed by atoms with van der Waals surface area (Å²) in [7, 11) is 0. The van der Waals surface area contributed by atoms with Gasteiger partial charge in [0.1, 0.15) is 17.4 Å². The van der Waals surface area contributed by atoms with Gasteiger partial charge in [0.05, 0.1) is 35.7 Å². The highest BCUT2D eigenvalue weighted by atomic mass is 19.1. The highest BCUT2D eigenvalue weighted by Gasteiger charge is 2.46. The fraction of sp³-hybridized carbons (Fsp3) is 0.278. The zero-order valence-corrected chi connectivity index (χ0v) is 26.0. The van der Waals surface area contributed by atoms with E-state index in [1.54, 1.807) is 23.5 Å². The molecule has 0 spiro atoms. The molecule has 1 saturated carbocycles. The van der Waals surface area contributed by atoms with Gasteiger partial charge in [0.25, 0.3) is 0 Å². The van der Waals surface area contributed by atoms with Gasteiger partial charge < -0.3 is 24.5 Å². The van der Waals surface area contributed by atoms with Gasteiger partial charge in [0, 0.05) is 41.5 Å². The number of H-pyrrole nitrogens is 2. The van der Waals surface area contributed by atoms with Gasteiger partial charge in [-0.1, -0.05) is 29.0 Å². The molecule has 3 aromatic carbocycles. The summed E-state index contributed by atoms with van der Waals surface area (Å²) in [5.41, 5.74) is 3.00. The number of rotatable bonds is 4. The molecule has 48 heavy (non-hydrogen) atoms. The fourth-order valence-corrected chi connectivity index (χ4v) is 6.56. The minimum atomic E-state index is -0.868. The summed E-state index contributed by atoms with van der Waals surface area (Å²) in [6.45, 7) is 2.91. The number of fused-ring (bicyclic) bond motifs is 12. The largest absolute Gasteiger partial charge is 0.481 e. The topological polar surface area (TPSA) is 130 Å². The van der Waals surface area contributed by atoms with Crippen LogP contribution >= 0.6 is 0 Å². The van der Waals surface area contributed by atoms with Gasteiger partial charge in [-0.2, -0.15) is 0 Å². The monoisotopic (exact) mass is 652 g/mol. The van der Waals surface area contributed by atoms with Gasteiger partial charge in [-0.25, -0.2) is 13.8 Å². The number of carboxylic acids is 1. The molecule has 3 unspecified atom stereocenters. The number of halogens is 2. The molecular weight excluding hydrogens is 620 g/mol. The van der Waals surface area contributed by atoms with E-state index in [2.05, 4.69) is 19.9 Å². The van der Waals surface area contributed by atoms with Crippen LogP contribution < -0.4 is 9.48 Å². The van der Waals surface area contributed by atoms with Crippen LogP contribution in [0.1, 0.15) is 54.0 Å². The number of imidazole rings is 1. The molecule has 10 nitrogen and oxygen atoms in total. The Morgan fingerprint density at radius 2 is 2.02 bits per heavy atom. The first kappa shape index (κ1) is 30.0. The molecule has 6 bridgehead atoms. The molecule has 1 aliphatic heterocycles. The molecule has 1 fully saturated rings. The summed E-state index contributed by atoms with van der Waals surface area (Å²) < 4.78 is 51.3. The summed E-state index contributed by atoms with van der Waals surface area (Å²) >= 11 is 0. The minimum Gasteiger partial charge on any atom is -0.481 e. The molecule has 3 atom stereocenters. The van der Waals surface area contributed by atoms with E-state index in [9.17, 15) is 9.90 Å². The van der Waals surface area contributed by atoms with Crippen molar-refractivity contribution in [1.29, 1.82) is 0 Å². The van der Waals surface area contributed by atoms with Crippen LogP contribution in [0, 0.1) is 17.6 Å². The predicted molar refractivity (Wildman–Crippen MR) is 169 cm³/mol. The molecule has 6 aromatic rings. The summed E-state index contributed by atoms with van der Waals surface area (Å²) in [4.78, 5) is 26.7. The van der Waals surface area contributed by atoms with Crippen molar-refractivity contribution in [2.45, 2.75) is 44.1 Å². The SMILES string of the molecule is CC1(c2cccc(CCC(=O)O)c2)COCC2CC2c2nc[n+](o2)Cc2c(c(F)cc3[nH]ccc23)Oc2ccc(F)c(c2)-c2ncc1[nH]2. The normalized spacial score (nSPS) is 20.6. The van der Waals surface area contributed by atoms with Crippen LogP contribution in [0.3, 0.4) is 0 Å². The smallest absolute Gasteiger partial charge is 0.356 e. The van der Waals surface area contributed by atoms with E-state index in [0.717, 1.165) is 22.9 Å². The third-order valence-electron chi connectivity index (χ3n) is 9.44. The van der Waals surface area contributed by atoms with Crippen molar-refractivity contribution >= 4 is 16.9 Å². The second-order valence-corrected chi connectivity index (χ2v) is 12.8. The standard InChI is InChI=1S/C36H31F2N5O5/c1-36(22-4-2-3-20(11-22)5-8-32(44)45)18-46-17-21-12-25(21)35-41-19-43(48-35)16-27-24-9-10-39-30(24)14-29(38)33(27)47-23-6-7-28(37)26(13-23)34-40-15-31(36)42-34/h2-4,6-7,9-11,13-15,19,21,25,39H,5,8,12,16-18H2,1H3,(H-,40,42,44,45)/p+1. The first-order valence-electron chi connectivity index (χ1n) is 15.8. The first-order valence-corrected chi connectivity index (χ1v) is 15.8. The van der Waals surface area contributed by atoms with Crippen molar-refractivity contribution in [3.63, 3.8) is 0 Å². The van der Waals surface area contributed by atoms with Crippen molar-refractivity contribution in [1.82, 2.24) is 19.9 Å². The number of carbonyl (C=O) groups is 1. The number of aliphatic carboxylic acids is 1. The van der Waals surface area contributed by atoms with E-state index in [4.69, 9.17) is 14.0 Å². The molecule has 3 aromatic heterocycles. The maximum atomic E-state index is 15.7. The van der Waals surface area contributed by atoms with E-state index < -0.39 is 23.0 Å². The number of nitrogens with zero attached hydrogens (tertiary/aromatic N) is 3. The van der Waals surface area contributed by atoms with Gasteiger partial charge in [-0.05, 0) is 66.1 Å². The van der Waals surface area contributed by atoms with E-state index in [-0.39, 0.29) is 54.3 Å². The molecule has 3 N–H and O–H groups in total. The van der Waals surface area contributed by atoms with Gasteiger partial charge in [0.2, 0.25) is 0 Å². The number of nitrogens with one attached hydrogen (secondary N) is 2. The zero-order chi connectivity index (χ0) is 33.0. The summed E-state index contributed by atoms with van der Waals surface area (Å²) in [6.07, 6.45) is 6.23. The van der Waals surface area contributed by atoms with E-state index in [1.165, 1.54) is 24.3 Å². The molecule has 0 radical (unpaired) electrons. The van der Waals surface area contributed by atoms with Crippen molar-refractivity contribution in [2.24, 2.45) is 5.92 Å². The van der Waals surface area contributed by atoms with Crippen LogP contribution in [0.2, 0.25) is 0 Å². The predicted octanol–water partition coefficient (Wildman–Crippen LogP) is 6.41. The van der Waals surface area contributed by atoms with Crippen molar-refractivity contribution in [3.8, 4) is 22.9 Å². The molecule has 244 valence electrons. The lowest BCUT2D eigenvalue weighted by Crippen LogP contribution is -2.31. The molecule has 8 rings (SSSR count). The Balaban J connectivity index is 1.23. The van der Waals surface area contributed by atoms with E-state index in [1.807, 2.05) is 37.3 Å². The lowest BCUT2D eigenvalue weighted by molar-refractivity contribution is -0.859. The van der Waals surface area contributed by atoms with Crippen LogP contribution in [0.4, 0.5) is 8.78 Å². The molecule has 4 heterocycles. The highest BCUT2D eigenvalue weighted by molar-refractivity contribution is 5.85. The highest BCUT2D eigenvalue weighted by Crippen LogP contribution is 2.47. The van der Waals surface area contributed by atoms with Crippen LogP contribution in [-0.4, -0.2) is 44.2 Å². The molecule has 12 heteroatoms. The maximum Gasteiger partial charge on any atom is 0.356 e. The number of carboxylic acid groups (broad SMARTS) is 1. The Hall–Kier alpha value is -5.36. The quantitative estimate of drug-likeness (QED) is 0.188. The third-order valence-corrected chi connectivity index (χ3v) is 9.44. The number of aryl methyl sites for hydroxylation is 1. The average molecular weight is 653 g/mol. The number of hydrogen-bond donors (Lipinski definition) is 3. The summed E-state index contributed by atoms with van der Waals surface area (Å²) in [5.74, 6) is -0.635. The number of aromatic nitrogens is 5. The van der Waals surface area contributed by atoms with Crippen molar-refractivity contribution in [2.75, 3.05) is 13.2 Å². The Morgan fingerprint density at radius 1 is 1.12 bits per heavy atom. The lowest BCUT2D eigenvalue weighted by Gasteiger charge is -2.29. The van der Waals surface area contributed by atoms with E-state index >= 15 is 8.78 Å². The molecule has 2 aliphatic rings. The molecule has 0 amide bonds. The zero-order valence-electron chi connectivity index (χ0n) is 26.0. The maximum absolute atomic E-state index is 15.7. The second kappa shape index (κ2) is 11.7. The summed E-state index contributed by atoms with van der Waals surface area (Å²) in [6, 6.07) is 15.2. The average Bonchev–Trinajstić information content (AvgIpc) is 3.44.